The summed E-state index contributed by atoms with van der Waals surface area (Å²) in [5, 5.41) is 12.4. The highest BCUT2D eigenvalue weighted by Crippen LogP contribution is 2.67. The van der Waals surface area contributed by atoms with Gasteiger partial charge < -0.3 is 16.0 Å². The summed E-state index contributed by atoms with van der Waals surface area (Å²) in [6, 6.07) is 0. The topological polar surface area (TPSA) is 65.3 Å². The Bertz CT molecular complexity index is 2240. The molecule has 9 rings (SSSR count). The molecule has 0 radical (unpaired) electrons. The molecule has 9 heterocycles. The fourth-order valence-electron chi connectivity index (χ4n) is 21.1. The Hall–Kier alpha value is -0.480. The lowest BCUT2D eigenvalue weighted by Gasteiger charge is -2.66. The molecule has 0 bridgehead atoms. The van der Waals surface area contributed by atoms with Crippen LogP contribution >= 0.6 is 0 Å². The molecule has 0 saturated carbocycles. The monoisotopic (exact) mass is 1220 g/mol. The van der Waals surface area contributed by atoms with Gasteiger partial charge in [-0.3, -0.25) is 44.1 Å². The van der Waals surface area contributed by atoms with E-state index < -0.39 is 0 Å². The molecule has 0 aromatic rings. The van der Waals surface area contributed by atoms with E-state index in [2.05, 4.69) is 392 Å². The summed E-state index contributed by atoms with van der Waals surface area (Å²) in [6.45, 7) is 117. The van der Waals surface area contributed by atoms with Crippen LogP contribution in [0.1, 0.15) is 332 Å². The van der Waals surface area contributed by atoms with Crippen LogP contribution in [0, 0.1) is 0 Å². The Kier molecular flexibility index (Phi) is 15.6. The zero-order valence-corrected chi connectivity index (χ0v) is 67.3. The molecule has 12 nitrogen and oxygen atoms in total. The van der Waals surface area contributed by atoms with Gasteiger partial charge >= 0.3 is 0 Å². The third kappa shape index (κ3) is 8.21. The van der Waals surface area contributed by atoms with E-state index in [1.165, 1.54) is 0 Å². The molecule has 12 heteroatoms. The van der Waals surface area contributed by atoms with Gasteiger partial charge in [-0.25, -0.2) is 0 Å². The van der Waals surface area contributed by atoms with Crippen molar-refractivity contribution in [3.05, 3.63) is 0 Å². The molecule has 3 N–H and O–H groups in total. The van der Waals surface area contributed by atoms with Crippen LogP contribution in [-0.4, -0.2) is 196 Å². The third-order valence-corrected chi connectivity index (χ3v) is 33.0. The van der Waals surface area contributed by atoms with E-state index in [1.54, 1.807) is 0 Å². The predicted octanol–water partition coefficient (Wildman–Crippen LogP) is 15.1. The number of nitrogens with one attached hydrogen (secondary N) is 3. The number of nitrogens with zero attached hydrogens (tertiary/aromatic N) is 9. The summed E-state index contributed by atoms with van der Waals surface area (Å²) < 4.78 is 0. The fraction of sp³-hybridized carbons (Fsp3) is 1.00. The van der Waals surface area contributed by atoms with E-state index in [1.807, 2.05) is 0 Å². The highest BCUT2D eigenvalue weighted by Gasteiger charge is 2.81. The second-order valence-corrected chi connectivity index (χ2v) is 42.6. The summed E-state index contributed by atoms with van der Waals surface area (Å²) in [5.74, 6) is 0. The maximum atomic E-state index is 4.14. The molecule has 9 fully saturated rings. The number of hydrogen-bond acceptors (Lipinski definition) is 12. The smallest absolute Gasteiger partial charge is 0.122 e. The van der Waals surface area contributed by atoms with Crippen molar-refractivity contribution >= 4 is 0 Å². The van der Waals surface area contributed by atoms with E-state index in [4.69, 9.17) is 0 Å². The Morgan fingerprint density at radius 3 is 0.276 bits per heavy atom. The quantitative estimate of drug-likeness (QED) is 0.217. The third-order valence-electron chi connectivity index (χ3n) is 33.0. The lowest BCUT2D eigenvalue weighted by atomic mass is 9.68. The van der Waals surface area contributed by atoms with Crippen LogP contribution < -0.4 is 16.0 Å². The molecule has 9 saturated heterocycles. The summed E-state index contributed by atoms with van der Waals surface area (Å²) in [6.07, 6.45) is 0.738. The van der Waals surface area contributed by atoms with Crippen molar-refractivity contribution in [1.29, 1.82) is 0 Å². The minimum Gasteiger partial charge on any atom is -0.303 e. The Balaban J connectivity index is 0.000000186. The lowest BCUT2D eigenvalue weighted by molar-refractivity contribution is -0.174. The maximum absolute atomic E-state index is 4.14. The van der Waals surface area contributed by atoms with Gasteiger partial charge in [-0.2, -0.15) is 0 Å². The van der Waals surface area contributed by atoms with E-state index in [-0.39, 0.29) is 152 Å². The van der Waals surface area contributed by atoms with E-state index in [0.717, 1.165) is 0 Å². The van der Waals surface area contributed by atoms with Gasteiger partial charge in [-0.05, 0) is 332 Å². The fourth-order valence-corrected chi connectivity index (χ4v) is 21.1. The zero-order valence-electron chi connectivity index (χ0n) is 67.3. The van der Waals surface area contributed by atoms with Crippen LogP contribution in [0.15, 0.2) is 0 Å². The van der Waals surface area contributed by atoms with Gasteiger partial charge in [0.2, 0.25) is 0 Å². The Morgan fingerprint density at radius 2 is 0.195 bits per heavy atom. The van der Waals surface area contributed by atoms with Gasteiger partial charge in [0.25, 0.3) is 0 Å². The van der Waals surface area contributed by atoms with Crippen LogP contribution in [0.25, 0.3) is 0 Å². The van der Waals surface area contributed by atoms with E-state index >= 15 is 0 Å². The molecule has 87 heavy (non-hydrogen) atoms. The molecule has 9 aliphatic rings. The number of hydrogen-bond donors (Lipinski definition) is 3. The zero-order chi connectivity index (χ0) is 69.0. The molecule has 510 valence electrons. The lowest BCUT2D eigenvalue weighted by Crippen LogP contribution is -2.83. The van der Waals surface area contributed by atoms with Crippen LogP contribution in [-0.2, 0) is 0 Å². The van der Waals surface area contributed by atoms with Crippen molar-refractivity contribution in [2.75, 3.05) is 0 Å². The molecule has 0 aromatic carbocycles. The van der Waals surface area contributed by atoms with Crippen molar-refractivity contribution in [2.45, 2.75) is 484 Å². The van der Waals surface area contributed by atoms with Gasteiger partial charge in [-0.1, -0.05) is 0 Å². The highest BCUT2D eigenvalue weighted by molar-refractivity contribution is 5.35. The molecule has 0 spiro atoms. The van der Waals surface area contributed by atoms with Gasteiger partial charge in [0.15, 0.2) is 0 Å². The number of rotatable bonds is 0. The first-order valence-corrected chi connectivity index (χ1v) is 34.8. The molecule has 9 aliphatic heterocycles. The van der Waals surface area contributed by atoms with Gasteiger partial charge in [0.1, 0.15) is 18.9 Å². The van der Waals surface area contributed by atoms with Crippen LogP contribution in [0.3, 0.4) is 0 Å². The SMILES string of the molecule is CC1(C)NC(C)(C)C(C)(C)N2C3N(C1(C)C)C(C)(C)C(C)(C)N3C(C)(C)C2(C)C.CC1(C)NC(C)(C)C(C)(C)N2C3N(C1(C)C)C(C)(C)C(C)(C)N3C(C)(C)C2(C)C.CC1(C)NC(C)(C)C(C)(C)N2C3N(C1(C)C)C(C)(C)C(C)(C)N3C(C)(C)C2(C)C. The first-order chi connectivity index (χ1) is 37.3. The average Bonchev–Trinajstić information content (AvgIpc) is 1.51. The van der Waals surface area contributed by atoms with Crippen molar-refractivity contribution in [3.63, 3.8) is 0 Å². The highest BCUT2D eigenvalue weighted by atomic mass is 15.7. The minimum atomic E-state index is -0.0693. The molecule has 0 amide bonds. The molecule has 0 aromatic heterocycles. The predicted molar refractivity (Wildman–Crippen MR) is 375 cm³/mol. The standard InChI is InChI=1S/3C25H50N4/c3*1-18(2)20(5,6)27-17-28(21(7,8)19(3,4)26-18)23(11,12)25(15,16)29(17)24(13,14)22(27,9)10/h3*17,26H,1-16H3. The van der Waals surface area contributed by atoms with Crippen LogP contribution in [0.5, 0.6) is 0 Å². The van der Waals surface area contributed by atoms with Crippen molar-refractivity contribution in [2.24, 2.45) is 0 Å². The van der Waals surface area contributed by atoms with Gasteiger partial charge in [0, 0.05) is 133 Å². The summed E-state index contributed by atoms with van der Waals surface area (Å²) in [7, 11) is 0. The minimum absolute atomic E-state index is 0.00367. The van der Waals surface area contributed by atoms with E-state index in [9.17, 15) is 0 Å². The Morgan fingerprint density at radius 1 is 0.126 bits per heavy atom. The average molecular weight is 1220 g/mol. The van der Waals surface area contributed by atoms with E-state index in [0.29, 0.717) is 0 Å². The summed E-state index contributed by atoms with van der Waals surface area (Å²) in [4.78, 5) is 25.6. The molecular weight excluding hydrogens is 1070 g/mol. The summed E-state index contributed by atoms with van der Waals surface area (Å²) in [5.41, 5.74) is -0.639. The summed E-state index contributed by atoms with van der Waals surface area (Å²) >= 11 is 0. The molecule has 0 unspecified atom stereocenters. The van der Waals surface area contributed by atoms with Crippen LogP contribution in [0.2, 0.25) is 0 Å². The maximum Gasteiger partial charge on any atom is 0.122 e. The molecule has 0 atom stereocenters. The van der Waals surface area contributed by atoms with Gasteiger partial charge in [0.05, 0.1) is 0 Å². The first kappa shape index (κ1) is 73.9. The van der Waals surface area contributed by atoms with Crippen LogP contribution in [0.4, 0.5) is 0 Å². The van der Waals surface area contributed by atoms with Crippen molar-refractivity contribution in [1.82, 2.24) is 60.0 Å². The van der Waals surface area contributed by atoms with Crippen molar-refractivity contribution < 1.29 is 0 Å². The van der Waals surface area contributed by atoms with Gasteiger partial charge in [-0.15, -0.1) is 0 Å². The Labute approximate surface area is 541 Å². The van der Waals surface area contributed by atoms with Crippen molar-refractivity contribution in [3.8, 4) is 0 Å². The largest absolute Gasteiger partial charge is 0.303 e. The molecule has 0 aliphatic carbocycles. The first-order valence-electron chi connectivity index (χ1n) is 34.8. The molecular formula is C75H150N12. The normalized spacial score (nSPS) is 36.4. The second-order valence-electron chi connectivity index (χ2n) is 42.6. The second kappa shape index (κ2) is 18.3.